The highest BCUT2D eigenvalue weighted by Gasteiger charge is 2.19. The van der Waals surface area contributed by atoms with Gasteiger partial charge in [-0.25, -0.2) is 4.79 Å². The van der Waals surface area contributed by atoms with Crippen molar-refractivity contribution in [1.29, 1.82) is 0 Å². The molecular formula is C20H22BrCl2N3O2. The van der Waals surface area contributed by atoms with Crippen molar-refractivity contribution in [3.8, 4) is 0 Å². The summed E-state index contributed by atoms with van der Waals surface area (Å²) in [5.74, 6) is -0.224. The fraction of sp³-hybridized carbons (Fsp3) is 0.300. The van der Waals surface area contributed by atoms with Crippen LogP contribution >= 0.6 is 39.1 Å². The predicted octanol–water partition coefficient (Wildman–Crippen LogP) is 5.41. The number of nitrogens with one attached hydrogen (secondary N) is 3. The summed E-state index contributed by atoms with van der Waals surface area (Å²) < 4.78 is 0.919. The van der Waals surface area contributed by atoms with E-state index >= 15 is 0 Å². The molecule has 150 valence electrons. The summed E-state index contributed by atoms with van der Waals surface area (Å²) in [5.41, 5.74) is 1.55. The normalized spacial score (nSPS) is 11.6. The van der Waals surface area contributed by atoms with E-state index in [1.165, 1.54) is 0 Å². The van der Waals surface area contributed by atoms with Crippen LogP contribution in [0.4, 0.5) is 10.5 Å². The first-order chi connectivity index (χ1) is 13.4. The average Bonchev–Trinajstić information content (AvgIpc) is 2.65. The Morgan fingerprint density at radius 1 is 1.11 bits per heavy atom. The van der Waals surface area contributed by atoms with Crippen molar-refractivity contribution in [3.05, 3.63) is 62.5 Å². The minimum atomic E-state index is -0.610. The van der Waals surface area contributed by atoms with Crippen molar-refractivity contribution in [1.82, 2.24) is 10.6 Å². The summed E-state index contributed by atoms with van der Waals surface area (Å²) >= 11 is 15.4. The minimum Gasteiger partial charge on any atom is -0.354 e. The zero-order chi connectivity index (χ0) is 20.5. The molecule has 0 aliphatic carbocycles. The van der Waals surface area contributed by atoms with Gasteiger partial charge in [0.15, 0.2) is 0 Å². The monoisotopic (exact) mass is 485 g/mol. The maximum Gasteiger partial charge on any atom is 0.319 e. The topological polar surface area (TPSA) is 70.2 Å². The van der Waals surface area contributed by atoms with Crippen molar-refractivity contribution in [2.24, 2.45) is 0 Å². The Hall–Kier alpha value is -1.76. The number of hydrogen-bond acceptors (Lipinski definition) is 2. The summed E-state index contributed by atoms with van der Waals surface area (Å²) in [7, 11) is 0. The van der Waals surface area contributed by atoms with Crippen LogP contribution in [0.25, 0.3) is 0 Å². The van der Waals surface area contributed by atoms with Gasteiger partial charge in [-0.05, 0) is 54.8 Å². The van der Waals surface area contributed by atoms with Crippen LogP contribution < -0.4 is 16.0 Å². The molecule has 0 radical (unpaired) electrons. The third kappa shape index (κ3) is 7.34. The van der Waals surface area contributed by atoms with Crippen LogP contribution in [-0.4, -0.2) is 24.5 Å². The van der Waals surface area contributed by atoms with Gasteiger partial charge >= 0.3 is 6.03 Å². The molecule has 28 heavy (non-hydrogen) atoms. The molecule has 8 heteroatoms. The van der Waals surface area contributed by atoms with Gasteiger partial charge in [0, 0.05) is 26.8 Å². The highest BCUT2D eigenvalue weighted by Crippen LogP contribution is 2.21. The fourth-order valence-electron chi connectivity index (χ4n) is 2.58. The summed E-state index contributed by atoms with van der Waals surface area (Å²) in [6.07, 6.45) is 1.88. The first kappa shape index (κ1) is 22.5. The molecule has 0 bridgehead atoms. The molecule has 2 rings (SSSR count). The van der Waals surface area contributed by atoms with Crippen LogP contribution in [0.2, 0.25) is 10.0 Å². The number of carbonyl (C=O) groups excluding carboxylic acids is 2. The smallest absolute Gasteiger partial charge is 0.319 e. The lowest BCUT2D eigenvalue weighted by atomic mass is 10.1. The maximum absolute atomic E-state index is 12.5. The molecule has 0 saturated heterocycles. The molecule has 0 aliphatic rings. The second kappa shape index (κ2) is 11.3. The van der Waals surface area contributed by atoms with Gasteiger partial charge in [-0.15, -0.1) is 0 Å². The highest BCUT2D eigenvalue weighted by molar-refractivity contribution is 9.10. The minimum absolute atomic E-state index is 0.224. The molecule has 0 saturated carbocycles. The Morgan fingerprint density at radius 2 is 1.82 bits per heavy atom. The lowest BCUT2D eigenvalue weighted by Gasteiger charge is -2.18. The summed E-state index contributed by atoms with van der Waals surface area (Å²) in [6, 6.07) is 11.4. The third-order valence-corrected chi connectivity index (χ3v) is 5.13. The Bertz CT molecular complexity index is 816. The Kier molecular flexibility index (Phi) is 9.09. The predicted molar refractivity (Wildman–Crippen MR) is 118 cm³/mol. The van der Waals surface area contributed by atoms with Gasteiger partial charge in [-0.3, -0.25) is 4.79 Å². The van der Waals surface area contributed by atoms with Crippen LogP contribution in [0, 0.1) is 0 Å². The second-order valence-electron chi connectivity index (χ2n) is 6.22. The van der Waals surface area contributed by atoms with E-state index in [-0.39, 0.29) is 5.91 Å². The summed E-state index contributed by atoms with van der Waals surface area (Å²) in [6.45, 7) is 2.37. The highest BCUT2D eigenvalue weighted by atomic mass is 79.9. The van der Waals surface area contributed by atoms with E-state index in [0.29, 0.717) is 35.1 Å². The zero-order valence-electron chi connectivity index (χ0n) is 15.4. The van der Waals surface area contributed by atoms with Gasteiger partial charge in [0.25, 0.3) is 0 Å². The van der Waals surface area contributed by atoms with E-state index in [9.17, 15) is 9.59 Å². The molecule has 5 nitrogen and oxygen atoms in total. The molecule has 3 N–H and O–H groups in total. The number of amides is 3. The van der Waals surface area contributed by atoms with Gasteiger partial charge in [-0.1, -0.05) is 58.5 Å². The molecule has 0 fully saturated rings. The Morgan fingerprint density at radius 3 is 2.46 bits per heavy atom. The van der Waals surface area contributed by atoms with Gasteiger partial charge < -0.3 is 16.0 Å². The lowest BCUT2D eigenvalue weighted by Crippen LogP contribution is -2.48. The number of benzene rings is 2. The second-order valence-corrected chi connectivity index (χ2v) is 7.98. The number of hydrogen-bond donors (Lipinski definition) is 3. The Balaban J connectivity index is 1.86. The number of carbonyl (C=O) groups is 2. The van der Waals surface area contributed by atoms with Crippen molar-refractivity contribution in [2.45, 2.75) is 32.2 Å². The largest absolute Gasteiger partial charge is 0.354 e. The number of rotatable bonds is 8. The molecule has 0 aromatic heterocycles. The average molecular weight is 487 g/mol. The van der Waals surface area contributed by atoms with Gasteiger partial charge in [0.05, 0.1) is 0 Å². The molecule has 2 aromatic rings. The molecule has 3 amide bonds. The molecular weight excluding hydrogens is 465 g/mol. The van der Waals surface area contributed by atoms with E-state index in [2.05, 4.69) is 31.9 Å². The Labute approximate surface area is 183 Å². The van der Waals surface area contributed by atoms with Crippen LogP contribution in [0.1, 0.15) is 25.3 Å². The van der Waals surface area contributed by atoms with Gasteiger partial charge in [0.1, 0.15) is 6.04 Å². The lowest BCUT2D eigenvalue weighted by molar-refractivity contribution is -0.123. The van der Waals surface area contributed by atoms with Crippen LogP contribution in [0.15, 0.2) is 46.9 Å². The number of urea groups is 1. The first-order valence-corrected chi connectivity index (χ1v) is 10.5. The van der Waals surface area contributed by atoms with E-state index < -0.39 is 12.1 Å². The van der Waals surface area contributed by atoms with Crippen molar-refractivity contribution >= 4 is 56.8 Å². The van der Waals surface area contributed by atoms with Crippen LogP contribution in [-0.2, 0) is 11.2 Å². The molecule has 1 unspecified atom stereocenters. The number of halogens is 3. The summed E-state index contributed by atoms with van der Waals surface area (Å²) in [4.78, 5) is 24.7. The van der Waals surface area contributed by atoms with Crippen molar-refractivity contribution < 1.29 is 9.59 Å². The molecule has 0 aliphatic heterocycles. The van der Waals surface area contributed by atoms with E-state index in [1.807, 2.05) is 25.1 Å². The van der Waals surface area contributed by atoms with E-state index in [0.717, 1.165) is 16.5 Å². The summed E-state index contributed by atoms with van der Waals surface area (Å²) in [5, 5.41) is 9.45. The number of anilines is 1. The van der Waals surface area contributed by atoms with E-state index in [1.54, 1.807) is 24.3 Å². The maximum atomic E-state index is 12.5. The van der Waals surface area contributed by atoms with Crippen LogP contribution in [0.3, 0.4) is 0 Å². The zero-order valence-corrected chi connectivity index (χ0v) is 18.5. The van der Waals surface area contributed by atoms with Crippen molar-refractivity contribution in [3.63, 3.8) is 0 Å². The van der Waals surface area contributed by atoms with Gasteiger partial charge in [0.2, 0.25) is 5.91 Å². The molecule has 0 heterocycles. The molecule has 0 spiro atoms. The quantitative estimate of drug-likeness (QED) is 0.467. The first-order valence-electron chi connectivity index (χ1n) is 8.93. The molecule has 2 aromatic carbocycles. The standard InChI is InChI=1S/C20H22BrCl2N3O2/c1-2-3-18(26-20(28)25-16-8-5-14(21)6-9-16)19(27)24-11-10-13-4-7-15(22)12-17(13)23/h4-9,12,18H,2-3,10-11H2,1H3,(H,24,27)(H2,25,26,28). The SMILES string of the molecule is CCCC(NC(=O)Nc1ccc(Br)cc1)C(=O)NCCc1ccc(Cl)cc1Cl. The van der Waals surface area contributed by atoms with Gasteiger partial charge in [-0.2, -0.15) is 0 Å². The fourth-order valence-corrected chi connectivity index (χ4v) is 3.35. The van der Waals surface area contributed by atoms with Crippen molar-refractivity contribution in [2.75, 3.05) is 11.9 Å². The van der Waals surface area contributed by atoms with E-state index in [4.69, 9.17) is 23.2 Å². The molecule has 1 atom stereocenters. The van der Waals surface area contributed by atoms with Crippen LogP contribution in [0.5, 0.6) is 0 Å². The third-order valence-electron chi connectivity index (χ3n) is 4.01.